The zero-order valence-electron chi connectivity index (χ0n) is 7.47. The maximum absolute atomic E-state index is 11.2. The smallest absolute Gasteiger partial charge is 0.337 e. The number of benzene rings is 1. The molecule has 5 nitrogen and oxygen atoms in total. The first kappa shape index (κ1) is 8.55. The molecule has 72 valence electrons. The van der Waals surface area contributed by atoms with Gasteiger partial charge in [0.15, 0.2) is 0 Å². The van der Waals surface area contributed by atoms with E-state index in [9.17, 15) is 10.0 Å². The van der Waals surface area contributed by atoms with E-state index in [-0.39, 0.29) is 0 Å². The Hall–Kier alpha value is -2.04. The third-order valence-electron chi connectivity index (χ3n) is 1.97. The summed E-state index contributed by atoms with van der Waals surface area (Å²) in [5.41, 5.74) is 0.991. The molecule has 5 heteroatoms. The lowest BCUT2D eigenvalue weighted by atomic mass is 10.2. The van der Waals surface area contributed by atoms with Crippen LogP contribution < -0.4 is 0 Å². The lowest BCUT2D eigenvalue weighted by Gasteiger charge is -1.98. The van der Waals surface area contributed by atoms with Crippen molar-refractivity contribution in [3.63, 3.8) is 0 Å². The number of rotatable bonds is 1. The van der Waals surface area contributed by atoms with Crippen LogP contribution in [0.1, 0.15) is 10.4 Å². The van der Waals surface area contributed by atoms with E-state index in [0.29, 0.717) is 16.5 Å². The summed E-state index contributed by atoms with van der Waals surface area (Å²) in [7, 11) is 1.32. The summed E-state index contributed by atoms with van der Waals surface area (Å²) in [4.78, 5) is 11.9. The van der Waals surface area contributed by atoms with Crippen LogP contribution in [0, 0.1) is 0 Å². The van der Waals surface area contributed by atoms with Crippen molar-refractivity contribution in [3.05, 3.63) is 30.0 Å². The van der Waals surface area contributed by atoms with E-state index in [1.54, 1.807) is 18.2 Å². The molecule has 0 saturated heterocycles. The SMILES string of the molecule is COC(=O)c1ccc2c(cnn2O)c1. The number of carbonyl (C=O) groups is 1. The number of esters is 1. The Bertz CT molecular complexity index is 490. The van der Waals surface area contributed by atoms with Crippen LogP contribution in [0.2, 0.25) is 0 Å². The topological polar surface area (TPSA) is 64.3 Å². The van der Waals surface area contributed by atoms with Gasteiger partial charge in [-0.1, -0.05) is 0 Å². The van der Waals surface area contributed by atoms with Crippen LogP contribution in [0.3, 0.4) is 0 Å². The maximum Gasteiger partial charge on any atom is 0.337 e. The van der Waals surface area contributed by atoms with Crippen molar-refractivity contribution in [2.45, 2.75) is 0 Å². The summed E-state index contributed by atoms with van der Waals surface area (Å²) in [6, 6.07) is 4.79. The van der Waals surface area contributed by atoms with Crippen LogP contribution in [0.4, 0.5) is 0 Å². The van der Waals surface area contributed by atoms with E-state index in [1.807, 2.05) is 0 Å². The molecular formula is C9H8N2O3. The Balaban J connectivity index is 2.57. The lowest BCUT2D eigenvalue weighted by molar-refractivity contribution is 0.0601. The fraction of sp³-hybridized carbons (Fsp3) is 0.111. The van der Waals surface area contributed by atoms with Crippen molar-refractivity contribution in [1.82, 2.24) is 9.94 Å². The number of carbonyl (C=O) groups excluding carboxylic acids is 1. The van der Waals surface area contributed by atoms with Crippen LogP contribution in [-0.4, -0.2) is 28.2 Å². The van der Waals surface area contributed by atoms with Gasteiger partial charge >= 0.3 is 5.97 Å². The summed E-state index contributed by atoms with van der Waals surface area (Å²) in [5, 5.41) is 13.5. The Kier molecular flexibility index (Phi) is 1.85. The molecule has 0 aliphatic rings. The van der Waals surface area contributed by atoms with Gasteiger partial charge in [-0.3, -0.25) is 0 Å². The van der Waals surface area contributed by atoms with Crippen LogP contribution in [0.5, 0.6) is 0 Å². The van der Waals surface area contributed by atoms with Gasteiger partial charge in [-0.05, 0) is 18.2 Å². The van der Waals surface area contributed by atoms with Gasteiger partial charge in [-0.15, -0.1) is 9.94 Å². The first-order valence-electron chi connectivity index (χ1n) is 3.98. The summed E-state index contributed by atoms with van der Waals surface area (Å²) in [5.74, 6) is -0.405. The van der Waals surface area contributed by atoms with E-state index >= 15 is 0 Å². The molecular weight excluding hydrogens is 184 g/mol. The summed E-state index contributed by atoms with van der Waals surface area (Å²) >= 11 is 0. The van der Waals surface area contributed by atoms with E-state index in [4.69, 9.17) is 0 Å². The molecule has 0 amide bonds. The average Bonchev–Trinajstić information content (AvgIpc) is 2.59. The molecule has 0 spiro atoms. The molecule has 1 N–H and O–H groups in total. The van der Waals surface area contributed by atoms with Crippen LogP contribution in [0.15, 0.2) is 24.4 Å². The first-order chi connectivity index (χ1) is 6.72. The Labute approximate surface area is 79.5 Å². The first-order valence-corrected chi connectivity index (χ1v) is 3.98. The van der Waals surface area contributed by atoms with Crippen molar-refractivity contribution in [2.24, 2.45) is 0 Å². The van der Waals surface area contributed by atoms with Crippen molar-refractivity contribution >= 4 is 16.9 Å². The molecule has 1 aromatic heterocycles. The minimum Gasteiger partial charge on any atom is -0.465 e. The minimum atomic E-state index is -0.405. The molecule has 2 aromatic rings. The largest absolute Gasteiger partial charge is 0.465 e. The molecule has 0 aliphatic heterocycles. The summed E-state index contributed by atoms with van der Waals surface area (Å²) in [6.45, 7) is 0. The quantitative estimate of drug-likeness (QED) is 0.542. The van der Waals surface area contributed by atoms with Gasteiger partial charge in [-0.2, -0.15) is 0 Å². The number of hydrogen-bond donors (Lipinski definition) is 1. The van der Waals surface area contributed by atoms with E-state index in [2.05, 4.69) is 9.84 Å². The molecule has 0 aliphatic carbocycles. The van der Waals surface area contributed by atoms with Crippen molar-refractivity contribution in [1.29, 1.82) is 0 Å². The molecule has 0 atom stereocenters. The minimum absolute atomic E-state index is 0.405. The van der Waals surface area contributed by atoms with E-state index in [1.165, 1.54) is 13.3 Å². The highest BCUT2D eigenvalue weighted by molar-refractivity contribution is 5.94. The van der Waals surface area contributed by atoms with E-state index in [0.717, 1.165) is 4.85 Å². The standard InChI is InChI=1S/C9H8N2O3/c1-14-9(12)6-2-3-8-7(4-6)5-10-11(8)13/h2-5,13H,1H3. The zero-order chi connectivity index (χ0) is 10.1. The number of hydrogen-bond acceptors (Lipinski definition) is 4. The number of aromatic nitrogens is 2. The van der Waals surface area contributed by atoms with Gasteiger partial charge in [0.05, 0.1) is 18.9 Å². The van der Waals surface area contributed by atoms with Gasteiger partial charge in [0.2, 0.25) is 0 Å². The van der Waals surface area contributed by atoms with Crippen LogP contribution >= 0.6 is 0 Å². The summed E-state index contributed by atoms with van der Waals surface area (Å²) < 4.78 is 4.56. The highest BCUT2D eigenvalue weighted by atomic mass is 16.5. The van der Waals surface area contributed by atoms with Gasteiger partial charge in [0.1, 0.15) is 5.52 Å². The average molecular weight is 192 g/mol. The predicted octanol–water partition coefficient (Wildman–Crippen LogP) is 1.06. The molecule has 0 fully saturated rings. The normalized spacial score (nSPS) is 10.4. The Morgan fingerprint density at radius 2 is 2.36 bits per heavy atom. The van der Waals surface area contributed by atoms with Gasteiger partial charge in [0, 0.05) is 5.39 Å². The molecule has 2 rings (SSSR count). The number of ether oxygens (including phenoxy) is 1. The molecule has 0 saturated carbocycles. The highest BCUT2D eigenvalue weighted by Gasteiger charge is 2.08. The second-order valence-electron chi connectivity index (χ2n) is 2.80. The van der Waals surface area contributed by atoms with Crippen LogP contribution in [0.25, 0.3) is 10.9 Å². The predicted molar refractivity (Wildman–Crippen MR) is 48.3 cm³/mol. The maximum atomic E-state index is 11.2. The molecule has 1 heterocycles. The van der Waals surface area contributed by atoms with Crippen LogP contribution in [-0.2, 0) is 4.74 Å². The molecule has 1 aromatic carbocycles. The fourth-order valence-electron chi connectivity index (χ4n) is 1.26. The third kappa shape index (κ3) is 1.19. The third-order valence-corrected chi connectivity index (χ3v) is 1.97. The van der Waals surface area contributed by atoms with Crippen molar-refractivity contribution in [2.75, 3.05) is 7.11 Å². The number of methoxy groups -OCH3 is 1. The molecule has 14 heavy (non-hydrogen) atoms. The van der Waals surface area contributed by atoms with Gasteiger partial charge < -0.3 is 9.94 Å². The highest BCUT2D eigenvalue weighted by Crippen LogP contribution is 2.14. The van der Waals surface area contributed by atoms with E-state index < -0.39 is 5.97 Å². The van der Waals surface area contributed by atoms with Gasteiger partial charge in [0.25, 0.3) is 0 Å². The van der Waals surface area contributed by atoms with Gasteiger partial charge in [-0.25, -0.2) is 4.79 Å². The molecule has 0 unspecified atom stereocenters. The summed E-state index contributed by atoms with van der Waals surface area (Å²) in [6.07, 6.45) is 1.47. The molecule has 0 bridgehead atoms. The fourth-order valence-corrected chi connectivity index (χ4v) is 1.26. The monoisotopic (exact) mass is 192 g/mol. The van der Waals surface area contributed by atoms with Crippen molar-refractivity contribution < 1.29 is 14.7 Å². The number of fused-ring (bicyclic) bond motifs is 1. The Morgan fingerprint density at radius 3 is 3.07 bits per heavy atom. The second-order valence-corrected chi connectivity index (χ2v) is 2.80. The lowest BCUT2D eigenvalue weighted by Crippen LogP contribution is -2.00. The van der Waals surface area contributed by atoms with Crippen molar-refractivity contribution in [3.8, 4) is 0 Å². The zero-order valence-corrected chi connectivity index (χ0v) is 7.47. The second kappa shape index (κ2) is 3.02. The number of nitrogens with zero attached hydrogens (tertiary/aromatic N) is 2. The Morgan fingerprint density at radius 1 is 1.57 bits per heavy atom. The molecule has 0 radical (unpaired) electrons.